The van der Waals surface area contributed by atoms with Crippen LogP contribution in [0.25, 0.3) is 17.1 Å². The molecule has 2 aromatic heterocycles. The zero-order chi connectivity index (χ0) is 20.1. The Balaban J connectivity index is 1.49. The summed E-state index contributed by atoms with van der Waals surface area (Å²) in [6.45, 7) is 2.70. The molecule has 2 aromatic carbocycles. The van der Waals surface area contributed by atoms with Crippen LogP contribution in [0.2, 0.25) is 0 Å². The first-order chi connectivity index (χ1) is 14.2. The van der Waals surface area contributed by atoms with Crippen molar-refractivity contribution in [3.8, 4) is 22.8 Å². The lowest BCUT2D eigenvalue weighted by Gasteiger charge is -2.06. The molecule has 0 saturated heterocycles. The van der Waals surface area contributed by atoms with Gasteiger partial charge in [0.25, 0.3) is 5.91 Å². The van der Waals surface area contributed by atoms with Crippen LogP contribution in [0.15, 0.2) is 77.6 Å². The topological polar surface area (TPSA) is 82.2 Å². The fourth-order valence-corrected chi connectivity index (χ4v) is 2.78. The number of aryl methyl sites for hydroxylation is 1. The van der Waals surface area contributed by atoms with E-state index in [4.69, 9.17) is 9.15 Å². The first-order valence-electron chi connectivity index (χ1n) is 9.23. The quantitative estimate of drug-likeness (QED) is 0.489. The van der Waals surface area contributed by atoms with Gasteiger partial charge in [0.1, 0.15) is 18.6 Å². The zero-order valence-corrected chi connectivity index (χ0v) is 15.9. The minimum atomic E-state index is -0.364. The van der Waals surface area contributed by atoms with Crippen LogP contribution in [0.4, 0.5) is 0 Å². The Labute approximate surface area is 168 Å². The Morgan fingerprint density at radius 2 is 1.90 bits per heavy atom. The van der Waals surface area contributed by atoms with Gasteiger partial charge in [-0.05, 0) is 37.3 Å². The summed E-state index contributed by atoms with van der Waals surface area (Å²) >= 11 is 0. The summed E-state index contributed by atoms with van der Waals surface area (Å²) in [7, 11) is 0. The molecule has 146 valence electrons. The van der Waals surface area contributed by atoms with E-state index in [0.717, 1.165) is 22.6 Å². The highest BCUT2D eigenvalue weighted by Gasteiger charge is 2.19. The SMILES string of the molecule is Cc1ccc(-n2nc(C(=O)NCCOc3ccccc3)nc2-c2ccoc2)cc1. The summed E-state index contributed by atoms with van der Waals surface area (Å²) in [5.74, 6) is 1.01. The lowest BCUT2D eigenvalue weighted by Crippen LogP contribution is -2.29. The lowest BCUT2D eigenvalue weighted by molar-refractivity contribution is 0.0936. The van der Waals surface area contributed by atoms with Crippen LogP contribution in [0.3, 0.4) is 0 Å². The second kappa shape index (κ2) is 8.43. The maximum absolute atomic E-state index is 12.5. The predicted molar refractivity (Wildman–Crippen MR) is 108 cm³/mol. The van der Waals surface area contributed by atoms with E-state index >= 15 is 0 Å². The summed E-state index contributed by atoms with van der Waals surface area (Å²) in [6, 6.07) is 19.1. The van der Waals surface area contributed by atoms with Gasteiger partial charge >= 0.3 is 0 Å². The molecular formula is C22H20N4O3. The molecule has 0 aliphatic rings. The molecule has 0 fully saturated rings. The Morgan fingerprint density at radius 1 is 1.10 bits per heavy atom. The van der Waals surface area contributed by atoms with Crippen molar-refractivity contribution in [3.05, 3.63) is 84.6 Å². The average molecular weight is 388 g/mol. The van der Waals surface area contributed by atoms with Gasteiger partial charge in [0.2, 0.25) is 5.82 Å². The number of furan rings is 1. The van der Waals surface area contributed by atoms with Gasteiger partial charge < -0.3 is 14.5 Å². The third kappa shape index (κ3) is 4.35. The summed E-state index contributed by atoms with van der Waals surface area (Å²) in [5.41, 5.74) is 2.69. The predicted octanol–water partition coefficient (Wildman–Crippen LogP) is 3.64. The number of hydrogen-bond acceptors (Lipinski definition) is 5. The van der Waals surface area contributed by atoms with Gasteiger partial charge in [-0.1, -0.05) is 35.9 Å². The first kappa shape index (κ1) is 18.5. The second-order valence-corrected chi connectivity index (χ2v) is 6.44. The van der Waals surface area contributed by atoms with Crippen molar-refractivity contribution in [2.24, 2.45) is 0 Å². The smallest absolute Gasteiger partial charge is 0.291 e. The monoisotopic (exact) mass is 388 g/mol. The molecule has 1 N–H and O–H groups in total. The van der Waals surface area contributed by atoms with E-state index in [9.17, 15) is 4.79 Å². The van der Waals surface area contributed by atoms with E-state index in [1.807, 2.05) is 61.5 Å². The van der Waals surface area contributed by atoms with Gasteiger partial charge in [-0.25, -0.2) is 9.67 Å². The molecule has 0 unspecified atom stereocenters. The van der Waals surface area contributed by atoms with Gasteiger partial charge in [-0.3, -0.25) is 4.79 Å². The molecule has 0 aliphatic heterocycles. The van der Waals surface area contributed by atoms with Crippen molar-refractivity contribution in [3.63, 3.8) is 0 Å². The van der Waals surface area contributed by atoms with Crippen molar-refractivity contribution in [1.29, 1.82) is 0 Å². The molecule has 0 bridgehead atoms. The van der Waals surface area contributed by atoms with Crippen molar-refractivity contribution < 1.29 is 13.9 Å². The molecule has 4 aromatic rings. The number of nitrogens with one attached hydrogen (secondary N) is 1. The number of amides is 1. The summed E-state index contributed by atoms with van der Waals surface area (Å²) in [5, 5.41) is 7.20. The number of rotatable bonds is 7. The zero-order valence-electron chi connectivity index (χ0n) is 15.9. The van der Waals surface area contributed by atoms with E-state index in [1.165, 1.54) is 0 Å². The van der Waals surface area contributed by atoms with Crippen molar-refractivity contribution in [1.82, 2.24) is 20.1 Å². The Bertz CT molecular complexity index is 1070. The molecule has 29 heavy (non-hydrogen) atoms. The van der Waals surface area contributed by atoms with Crippen LogP contribution in [0.1, 0.15) is 16.2 Å². The molecule has 0 spiro atoms. The highest BCUT2D eigenvalue weighted by Crippen LogP contribution is 2.22. The fourth-order valence-electron chi connectivity index (χ4n) is 2.78. The van der Waals surface area contributed by atoms with E-state index in [1.54, 1.807) is 23.3 Å². The van der Waals surface area contributed by atoms with Crippen molar-refractivity contribution in [2.75, 3.05) is 13.2 Å². The number of carbonyl (C=O) groups is 1. The van der Waals surface area contributed by atoms with Gasteiger partial charge in [0, 0.05) is 0 Å². The fraction of sp³-hybridized carbons (Fsp3) is 0.136. The summed E-state index contributed by atoms with van der Waals surface area (Å²) < 4.78 is 12.4. The van der Waals surface area contributed by atoms with Crippen molar-refractivity contribution >= 4 is 5.91 Å². The van der Waals surface area contributed by atoms with E-state index in [0.29, 0.717) is 19.0 Å². The second-order valence-electron chi connectivity index (χ2n) is 6.44. The van der Waals surface area contributed by atoms with Crippen molar-refractivity contribution in [2.45, 2.75) is 6.92 Å². The number of nitrogens with zero attached hydrogens (tertiary/aromatic N) is 3. The van der Waals surface area contributed by atoms with E-state index < -0.39 is 0 Å². The normalized spacial score (nSPS) is 10.7. The average Bonchev–Trinajstić information content (AvgIpc) is 3.42. The number of carbonyl (C=O) groups excluding carboxylic acids is 1. The maximum atomic E-state index is 12.5. The largest absolute Gasteiger partial charge is 0.492 e. The molecule has 2 heterocycles. The number of para-hydroxylation sites is 1. The summed E-state index contributed by atoms with van der Waals surface area (Å²) in [4.78, 5) is 17.0. The third-order valence-corrected chi connectivity index (χ3v) is 4.27. The number of ether oxygens (including phenoxy) is 1. The highest BCUT2D eigenvalue weighted by molar-refractivity contribution is 5.91. The Morgan fingerprint density at radius 3 is 2.62 bits per heavy atom. The van der Waals surface area contributed by atoms with Crippen LogP contribution < -0.4 is 10.1 Å². The molecule has 0 radical (unpaired) electrons. The molecular weight excluding hydrogens is 368 g/mol. The molecule has 0 atom stereocenters. The number of benzene rings is 2. The highest BCUT2D eigenvalue weighted by atomic mass is 16.5. The minimum Gasteiger partial charge on any atom is -0.492 e. The molecule has 0 aliphatic carbocycles. The standard InChI is InChI=1S/C22H20N4O3/c1-16-7-9-18(10-8-16)26-21(17-11-13-28-15-17)24-20(25-26)22(27)23-12-14-29-19-5-3-2-4-6-19/h2-11,13,15H,12,14H2,1H3,(H,23,27). The molecule has 7 nitrogen and oxygen atoms in total. The van der Waals surface area contributed by atoms with E-state index in [-0.39, 0.29) is 11.7 Å². The molecule has 0 saturated carbocycles. The molecule has 1 amide bonds. The Kier molecular flexibility index (Phi) is 5.38. The third-order valence-electron chi connectivity index (χ3n) is 4.27. The van der Waals surface area contributed by atoms with Gasteiger partial charge in [0.15, 0.2) is 5.82 Å². The van der Waals surface area contributed by atoms with Crippen LogP contribution in [-0.4, -0.2) is 33.8 Å². The number of hydrogen-bond donors (Lipinski definition) is 1. The number of aromatic nitrogens is 3. The minimum absolute atomic E-state index is 0.0847. The first-order valence-corrected chi connectivity index (χ1v) is 9.23. The van der Waals surface area contributed by atoms with Crippen LogP contribution in [0, 0.1) is 6.92 Å². The van der Waals surface area contributed by atoms with Gasteiger partial charge in [0.05, 0.1) is 24.1 Å². The molecule has 7 heteroatoms. The van der Waals surface area contributed by atoms with Gasteiger partial charge in [-0.2, -0.15) is 0 Å². The van der Waals surface area contributed by atoms with Crippen LogP contribution >= 0.6 is 0 Å². The van der Waals surface area contributed by atoms with Gasteiger partial charge in [-0.15, -0.1) is 5.10 Å². The van der Waals surface area contributed by atoms with E-state index in [2.05, 4.69) is 15.4 Å². The van der Waals surface area contributed by atoms with Crippen LogP contribution in [0.5, 0.6) is 5.75 Å². The lowest BCUT2D eigenvalue weighted by atomic mass is 10.2. The molecule has 4 rings (SSSR count). The summed E-state index contributed by atoms with van der Waals surface area (Å²) in [6.07, 6.45) is 3.13. The Hall–Kier alpha value is -3.87. The maximum Gasteiger partial charge on any atom is 0.291 e. The van der Waals surface area contributed by atoms with Crippen LogP contribution in [-0.2, 0) is 0 Å².